The van der Waals surface area contributed by atoms with Crippen molar-refractivity contribution in [3.8, 4) is 0 Å². The molecule has 3 heteroatoms. The number of esters is 1. The SMILES string of the molecule is CCOC(=O)CCc1ncc(C)cc1C. The van der Waals surface area contributed by atoms with E-state index in [1.165, 1.54) is 0 Å². The Morgan fingerprint density at radius 2 is 2.20 bits per heavy atom. The van der Waals surface area contributed by atoms with E-state index in [2.05, 4.69) is 11.1 Å². The van der Waals surface area contributed by atoms with Crippen LogP contribution in [0.5, 0.6) is 0 Å². The van der Waals surface area contributed by atoms with Crippen LogP contribution in [0.25, 0.3) is 0 Å². The van der Waals surface area contributed by atoms with Crippen molar-refractivity contribution >= 4 is 5.97 Å². The number of nitrogens with zero attached hydrogens (tertiary/aromatic N) is 1. The van der Waals surface area contributed by atoms with Crippen molar-refractivity contribution in [1.82, 2.24) is 4.98 Å². The van der Waals surface area contributed by atoms with Gasteiger partial charge >= 0.3 is 5.97 Å². The molecule has 0 aliphatic carbocycles. The molecule has 0 amide bonds. The average Bonchev–Trinajstić information content (AvgIpc) is 2.17. The second-order valence-electron chi connectivity index (χ2n) is 3.58. The minimum absolute atomic E-state index is 0.153. The standard InChI is InChI=1S/C12H17NO2/c1-4-15-12(14)6-5-11-10(3)7-9(2)8-13-11/h7-8H,4-6H2,1-3H3. The van der Waals surface area contributed by atoms with Gasteiger partial charge < -0.3 is 4.74 Å². The summed E-state index contributed by atoms with van der Waals surface area (Å²) in [5.74, 6) is -0.153. The molecule has 1 rings (SSSR count). The molecule has 0 saturated carbocycles. The Hall–Kier alpha value is -1.38. The number of aromatic nitrogens is 1. The van der Waals surface area contributed by atoms with Crippen LogP contribution >= 0.6 is 0 Å². The maximum absolute atomic E-state index is 11.1. The summed E-state index contributed by atoms with van der Waals surface area (Å²) in [5, 5.41) is 0. The van der Waals surface area contributed by atoms with Crippen molar-refractivity contribution in [2.75, 3.05) is 6.61 Å². The molecule has 0 aliphatic rings. The largest absolute Gasteiger partial charge is 0.466 e. The molecule has 0 spiro atoms. The first-order chi connectivity index (χ1) is 7.13. The lowest BCUT2D eigenvalue weighted by Crippen LogP contribution is -2.06. The third-order valence-electron chi connectivity index (χ3n) is 2.19. The molecule has 0 saturated heterocycles. The Balaban J connectivity index is 2.54. The number of hydrogen-bond acceptors (Lipinski definition) is 3. The molecule has 15 heavy (non-hydrogen) atoms. The van der Waals surface area contributed by atoms with E-state index in [9.17, 15) is 4.79 Å². The Morgan fingerprint density at radius 3 is 2.80 bits per heavy atom. The van der Waals surface area contributed by atoms with Gasteiger partial charge in [-0.2, -0.15) is 0 Å². The highest BCUT2D eigenvalue weighted by molar-refractivity contribution is 5.69. The van der Waals surface area contributed by atoms with Gasteiger partial charge in [0.1, 0.15) is 0 Å². The van der Waals surface area contributed by atoms with Crippen LogP contribution in [-0.2, 0) is 16.0 Å². The molecular weight excluding hydrogens is 190 g/mol. The minimum atomic E-state index is -0.153. The van der Waals surface area contributed by atoms with Gasteiger partial charge in [-0.3, -0.25) is 9.78 Å². The van der Waals surface area contributed by atoms with Crippen molar-refractivity contribution in [2.24, 2.45) is 0 Å². The molecule has 82 valence electrons. The summed E-state index contributed by atoms with van der Waals surface area (Å²) >= 11 is 0. The van der Waals surface area contributed by atoms with E-state index < -0.39 is 0 Å². The lowest BCUT2D eigenvalue weighted by atomic mass is 10.1. The van der Waals surface area contributed by atoms with E-state index in [1.54, 1.807) is 0 Å². The molecular formula is C12H17NO2. The van der Waals surface area contributed by atoms with Gasteiger partial charge in [0.2, 0.25) is 0 Å². The normalized spacial score (nSPS) is 10.1. The number of hydrogen-bond donors (Lipinski definition) is 0. The first-order valence-corrected chi connectivity index (χ1v) is 5.21. The zero-order valence-corrected chi connectivity index (χ0v) is 9.54. The fourth-order valence-corrected chi connectivity index (χ4v) is 1.46. The highest BCUT2D eigenvalue weighted by atomic mass is 16.5. The zero-order valence-electron chi connectivity index (χ0n) is 9.54. The lowest BCUT2D eigenvalue weighted by molar-refractivity contribution is -0.143. The van der Waals surface area contributed by atoms with Crippen LogP contribution in [0.15, 0.2) is 12.3 Å². The second-order valence-corrected chi connectivity index (χ2v) is 3.58. The fourth-order valence-electron chi connectivity index (χ4n) is 1.46. The first-order valence-electron chi connectivity index (χ1n) is 5.21. The molecule has 1 aromatic heterocycles. The van der Waals surface area contributed by atoms with Gasteiger partial charge in [-0.1, -0.05) is 6.07 Å². The summed E-state index contributed by atoms with van der Waals surface area (Å²) < 4.78 is 4.86. The van der Waals surface area contributed by atoms with Gasteiger partial charge in [-0.15, -0.1) is 0 Å². The Morgan fingerprint density at radius 1 is 1.47 bits per heavy atom. The van der Waals surface area contributed by atoms with E-state index in [0.717, 1.165) is 16.8 Å². The predicted octanol–water partition coefficient (Wildman–Crippen LogP) is 2.19. The van der Waals surface area contributed by atoms with Crippen molar-refractivity contribution in [2.45, 2.75) is 33.6 Å². The predicted molar refractivity (Wildman–Crippen MR) is 58.7 cm³/mol. The maximum atomic E-state index is 11.1. The molecule has 0 radical (unpaired) electrons. The summed E-state index contributed by atoms with van der Waals surface area (Å²) in [6, 6.07) is 2.08. The van der Waals surface area contributed by atoms with Crippen molar-refractivity contribution < 1.29 is 9.53 Å². The summed E-state index contributed by atoms with van der Waals surface area (Å²) in [6.45, 7) is 6.28. The number of carbonyl (C=O) groups excluding carboxylic acids is 1. The summed E-state index contributed by atoms with van der Waals surface area (Å²) in [6.07, 6.45) is 2.89. The molecule has 1 heterocycles. The number of aryl methyl sites for hydroxylation is 3. The molecule has 0 fully saturated rings. The first kappa shape index (κ1) is 11.7. The highest BCUT2D eigenvalue weighted by Gasteiger charge is 2.05. The van der Waals surface area contributed by atoms with E-state index >= 15 is 0 Å². The molecule has 0 atom stereocenters. The second kappa shape index (κ2) is 5.49. The van der Waals surface area contributed by atoms with Crippen molar-refractivity contribution in [1.29, 1.82) is 0 Å². The van der Waals surface area contributed by atoms with Crippen LogP contribution in [-0.4, -0.2) is 17.6 Å². The third kappa shape index (κ3) is 3.70. The molecule has 0 bridgehead atoms. The smallest absolute Gasteiger partial charge is 0.306 e. The van der Waals surface area contributed by atoms with Crippen LogP contribution in [0, 0.1) is 13.8 Å². The van der Waals surface area contributed by atoms with E-state index in [4.69, 9.17) is 4.74 Å². The topological polar surface area (TPSA) is 39.2 Å². The fraction of sp³-hybridized carbons (Fsp3) is 0.500. The molecule has 1 aromatic rings. The van der Waals surface area contributed by atoms with Crippen LogP contribution < -0.4 is 0 Å². The van der Waals surface area contributed by atoms with Gasteiger partial charge in [0, 0.05) is 18.3 Å². The average molecular weight is 207 g/mol. The van der Waals surface area contributed by atoms with E-state index in [-0.39, 0.29) is 5.97 Å². The number of pyridine rings is 1. The quantitative estimate of drug-likeness (QED) is 0.710. The molecule has 0 N–H and O–H groups in total. The molecule has 0 unspecified atom stereocenters. The molecule has 3 nitrogen and oxygen atoms in total. The zero-order chi connectivity index (χ0) is 11.3. The van der Waals surface area contributed by atoms with Gasteiger partial charge in [0.25, 0.3) is 0 Å². The van der Waals surface area contributed by atoms with Crippen molar-refractivity contribution in [3.05, 3.63) is 29.1 Å². The molecule has 0 aliphatic heterocycles. The van der Waals surface area contributed by atoms with Crippen LogP contribution in [0.1, 0.15) is 30.2 Å². The Bertz CT molecular complexity index is 347. The Labute approximate surface area is 90.5 Å². The summed E-state index contributed by atoms with van der Waals surface area (Å²) in [5.41, 5.74) is 3.26. The van der Waals surface area contributed by atoms with Crippen LogP contribution in [0.3, 0.4) is 0 Å². The maximum Gasteiger partial charge on any atom is 0.306 e. The minimum Gasteiger partial charge on any atom is -0.466 e. The van der Waals surface area contributed by atoms with Gasteiger partial charge in [0.15, 0.2) is 0 Å². The van der Waals surface area contributed by atoms with Crippen LogP contribution in [0.2, 0.25) is 0 Å². The van der Waals surface area contributed by atoms with Gasteiger partial charge in [0.05, 0.1) is 13.0 Å². The van der Waals surface area contributed by atoms with E-state index in [1.807, 2.05) is 27.0 Å². The van der Waals surface area contributed by atoms with Crippen LogP contribution in [0.4, 0.5) is 0 Å². The summed E-state index contributed by atoms with van der Waals surface area (Å²) in [4.78, 5) is 15.4. The lowest BCUT2D eigenvalue weighted by Gasteiger charge is -2.05. The highest BCUT2D eigenvalue weighted by Crippen LogP contribution is 2.09. The van der Waals surface area contributed by atoms with E-state index in [0.29, 0.717) is 19.4 Å². The van der Waals surface area contributed by atoms with Crippen molar-refractivity contribution in [3.63, 3.8) is 0 Å². The van der Waals surface area contributed by atoms with Gasteiger partial charge in [-0.05, 0) is 31.9 Å². The molecule has 0 aromatic carbocycles. The number of ether oxygens (including phenoxy) is 1. The Kier molecular flexibility index (Phi) is 4.28. The number of carbonyl (C=O) groups is 1. The van der Waals surface area contributed by atoms with Gasteiger partial charge in [-0.25, -0.2) is 0 Å². The summed E-state index contributed by atoms with van der Waals surface area (Å²) in [7, 11) is 0. The third-order valence-corrected chi connectivity index (χ3v) is 2.19. The number of rotatable bonds is 4. The monoisotopic (exact) mass is 207 g/mol.